The average molecular weight is 221 g/mol. The molecule has 4 nitrogen and oxygen atoms in total. The van der Waals surface area contributed by atoms with Crippen LogP contribution in [-0.4, -0.2) is 24.0 Å². The number of rotatable bonds is 4. The number of hydrogen-bond donors (Lipinski definition) is 1. The zero-order valence-electron chi connectivity index (χ0n) is 10.1. The fourth-order valence-corrected chi connectivity index (χ4v) is 1.54. The molecule has 1 heterocycles. The van der Waals surface area contributed by atoms with Gasteiger partial charge in [0.1, 0.15) is 0 Å². The Kier molecular flexibility index (Phi) is 4.43. The van der Waals surface area contributed by atoms with E-state index in [0.29, 0.717) is 12.3 Å². The smallest absolute Gasteiger partial charge is 0.243 e. The number of nitrogens with two attached hydrogens (primary N) is 1. The predicted molar refractivity (Wildman–Crippen MR) is 65.1 cm³/mol. The summed E-state index contributed by atoms with van der Waals surface area (Å²) in [6, 6.07) is 3.20. The third kappa shape index (κ3) is 3.31. The first-order valence-corrected chi connectivity index (χ1v) is 5.45. The summed E-state index contributed by atoms with van der Waals surface area (Å²) in [5.41, 5.74) is 6.61. The molecule has 0 unspecified atom stereocenters. The minimum absolute atomic E-state index is 0.0679. The number of aromatic nitrogens is 1. The van der Waals surface area contributed by atoms with E-state index in [1.54, 1.807) is 30.4 Å². The Morgan fingerprint density at radius 3 is 2.75 bits per heavy atom. The molecular formula is C12H19N3O. The molecule has 0 aromatic carbocycles. The van der Waals surface area contributed by atoms with Crippen LogP contribution < -0.4 is 10.6 Å². The maximum absolute atomic E-state index is 12.0. The minimum Gasteiger partial charge on any atom is -0.320 e. The maximum Gasteiger partial charge on any atom is 0.243 e. The van der Waals surface area contributed by atoms with E-state index in [0.717, 1.165) is 5.69 Å². The number of likely N-dealkylation sites (N-methyl/N-ethyl adjacent to an activating group) is 1. The van der Waals surface area contributed by atoms with Gasteiger partial charge in [0.25, 0.3) is 0 Å². The van der Waals surface area contributed by atoms with Crippen LogP contribution in [0.1, 0.15) is 20.3 Å². The standard InChI is InChI=1S/C12H19N3O/c1-9(2)7-11(13)12(16)15(3)10-5-4-6-14-8-10/h4-6,8-9,11H,7,13H2,1-3H3/t11-/m1/s1. The second-order valence-electron chi connectivity index (χ2n) is 4.34. The van der Waals surface area contributed by atoms with Gasteiger partial charge < -0.3 is 10.6 Å². The average Bonchev–Trinajstić information content (AvgIpc) is 2.27. The third-order valence-electron chi connectivity index (χ3n) is 2.41. The van der Waals surface area contributed by atoms with Gasteiger partial charge in [0.2, 0.25) is 5.91 Å². The van der Waals surface area contributed by atoms with Crippen LogP contribution in [0.25, 0.3) is 0 Å². The minimum atomic E-state index is -0.440. The lowest BCUT2D eigenvalue weighted by molar-refractivity contribution is -0.119. The molecule has 0 spiro atoms. The van der Waals surface area contributed by atoms with E-state index in [1.165, 1.54) is 0 Å². The van der Waals surface area contributed by atoms with Crippen molar-refractivity contribution in [3.05, 3.63) is 24.5 Å². The zero-order chi connectivity index (χ0) is 12.1. The highest BCUT2D eigenvalue weighted by atomic mass is 16.2. The molecule has 16 heavy (non-hydrogen) atoms. The topological polar surface area (TPSA) is 59.2 Å². The van der Waals surface area contributed by atoms with E-state index in [2.05, 4.69) is 18.8 Å². The molecule has 0 saturated heterocycles. The molecule has 4 heteroatoms. The maximum atomic E-state index is 12.0. The van der Waals surface area contributed by atoms with Crippen molar-refractivity contribution in [2.24, 2.45) is 11.7 Å². The number of carbonyl (C=O) groups excluding carboxylic acids is 1. The Bertz CT molecular complexity index is 337. The molecule has 0 fully saturated rings. The molecule has 1 rings (SSSR count). The lowest BCUT2D eigenvalue weighted by atomic mass is 10.0. The highest BCUT2D eigenvalue weighted by Crippen LogP contribution is 2.12. The van der Waals surface area contributed by atoms with Gasteiger partial charge in [0, 0.05) is 13.2 Å². The zero-order valence-corrected chi connectivity index (χ0v) is 10.1. The van der Waals surface area contributed by atoms with Gasteiger partial charge in [0.15, 0.2) is 0 Å². The first-order chi connectivity index (χ1) is 7.52. The van der Waals surface area contributed by atoms with Gasteiger partial charge >= 0.3 is 0 Å². The molecule has 0 bridgehead atoms. The molecule has 0 aliphatic rings. The van der Waals surface area contributed by atoms with Crippen molar-refractivity contribution in [1.29, 1.82) is 0 Å². The number of amides is 1. The van der Waals surface area contributed by atoms with Gasteiger partial charge in [-0.2, -0.15) is 0 Å². The largest absolute Gasteiger partial charge is 0.320 e. The summed E-state index contributed by atoms with van der Waals surface area (Å²) in [4.78, 5) is 17.5. The van der Waals surface area contributed by atoms with Crippen LogP contribution in [0.3, 0.4) is 0 Å². The van der Waals surface area contributed by atoms with Crippen molar-refractivity contribution in [2.75, 3.05) is 11.9 Å². The van der Waals surface area contributed by atoms with Gasteiger partial charge in [-0.1, -0.05) is 13.8 Å². The molecule has 0 saturated carbocycles. The summed E-state index contributed by atoms with van der Waals surface area (Å²) in [5, 5.41) is 0. The first kappa shape index (κ1) is 12.6. The molecule has 1 amide bonds. The van der Waals surface area contributed by atoms with Crippen LogP contribution in [0.2, 0.25) is 0 Å². The Morgan fingerprint density at radius 1 is 1.56 bits per heavy atom. The van der Waals surface area contributed by atoms with Crippen LogP contribution >= 0.6 is 0 Å². The summed E-state index contributed by atoms with van der Waals surface area (Å²) < 4.78 is 0. The van der Waals surface area contributed by atoms with Gasteiger partial charge in [-0.15, -0.1) is 0 Å². The van der Waals surface area contributed by atoms with E-state index >= 15 is 0 Å². The van der Waals surface area contributed by atoms with Gasteiger partial charge in [-0.05, 0) is 24.5 Å². The number of pyridine rings is 1. The second-order valence-corrected chi connectivity index (χ2v) is 4.34. The highest BCUT2D eigenvalue weighted by Gasteiger charge is 2.19. The Hall–Kier alpha value is -1.42. The van der Waals surface area contributed by atoms with E-state index in [1.807, 2.05) is 6.07 Å². The van der Waals surface area contributed by atoms with Crippen molar-refractivity contribution in [3.8, 4) is 0 Å². The summed E-state index contributed by atoms with van der Waals surface area (Å²) in [6.07, 6.45) is 4.03. The Labute approximate surface area is 96.5 Å². The number of hydrogen-bond acceptors (Lipinski definition) is 3. The molecule has 0 aliphatic carbocycles. The number of nitrogens with zero attached hydrogens (tertiary/aromatic N) is 2. The lowest BCUT2D eigenvalue weighted by Gasteiger charge is -2.21. The molecule has 2 N–H and O–H groups in total. The fraction of sp³-hybridized carbons (Fsp3) is 0.500. The van der Waals surface area contributed by atoms with Crippen LogP contribution in [0.5, 0.6) is 0 Å². The Morgan fingerprint density at radius 2 is 2.25 bits per heavy atom. The van der Waals surface area contributed by atoms with Crippen molar-refractivity contribution in [2.45, 2.75) is 26.3 Å². The van der Waals surface area contributed by atoms with Crippen molar-refractivity contribution >= 4 is 11.6 Å². The molecular weight excluding hydrogens is 202 g/mol. The summed E-state index contributed by atoms with van der Waals surface area (Å²) >= 11 is 0. The van der Waals surface area contributed by atoms with Crippen LogP contribution in [0.4, 0.5) is 5.69 Å². The van der Waals surface area contributed by atoms with Crippen LogP contribution in [0, 0.1) is 5.92 Å². The highest BCUT2D eigenvalue weighted by molar-refractivity contribution is 5.96. The van der Waals surface area contributed by atoms with E-state index in [4.69, 9.17) is 5.73 Å². The normalized spacial score (nSPS) is 12.6. The Balaban J connectivity index is 2.67. The summed E-state index contributed by atoms with van der Waals surface area (Å²) in [5.74, 6) is 0.350. The molecule has 88 valence electrons. The first-order valence-electron chi connectivity index (χ1n) is 5.45. The monoisotopic (exact) mass is 221 g/mol. The van der Waals surface area contributed by atoms with Crippen molar-refractivity contribution in [1.82, 2.24) is 4.98 Å². The lowest BCUT2D eigenvalue weighted by Crippen LogP contribution is -2.42. The van der Waals surface area contributed by atoms with Gasteiger partial charge in [-0.25, -0.2) is 0 Å². The van der Waals surface area contributed by atoms with E-state index < -0.39 is 6.04 Å². The van der Waals surface area contributed by atoms with Crippen molar-refractivity contribution in [3.63, 3.8) is 0 Å². The summed E-state index contributed by atoms with van der Waals surface area (Å²) in [6.45, 7) is 4.11. The van der Waals surface area contributed by atoms with Crippen LogP contribution in [0.15, 0.2) is 24.5 Å². The quantitative estimate of drug-likeness (QED) is 0.836. The SMILES string of the molecule is CC(C)C[C@@H](N)C(=O)N(C)c1cccnc1. The van der Waals surface area contributed by atoms with E-state index in [9.17, 15) is 4.79 Å². The number of carbonyl (C=O) groups is 1. The number of anilines is 1. The van der Waals surface area contributed by atoms with Gasteiger partial charge in [-0.3, -0.25) is 9.78 Å². The molecule has 1 aromatic heterocycles. The van der Waals surface area contributed by atoms with Gasteiger partial charge in [0.05, 0.1) is 17.9 Å². The predicted octanol–water partition coefficient (Wildman–Crippen LogP) is 1.42. The molecule has 0 radical (unpaired) electrons. The van der Waals surface area contributed by atoms with E-state index in [-0.39, 0.29) is 5.91 Å². The fourth-order valence-electron chi connectivity index (χ4n) is 1.54. The van der Waals surface area contributed by atoms with Crippen molar-refractivity contribution < 1.29 is 4.79 Å². The molecule has 1 aromatic rings. The second kappa shape index (κ2) is 5.61. The third-order valence-corrected chi connectivity index (χ3v) is 2.41. The van der Waals surface area contributed by atoms with Crippen LogP contribution in [-0.2, 0) is 4.79 Å². The molecule has 0 aliphatic heterocycles. The molecule has 1 atom stereocenters. The summed E-state index contributed by atoms with van der Waals surface area (Å²) in [7, 11) is 1.72.